The normalized spacial score (nSPS) is 16.8. The third-order valence-corrected chi connectivity index (χ3v) is 4.15. The van der Waals surface area contributed by atoms with Crippen LogP contribution in [0.5, 0.6) is 0 Å². The molecule has 1 atom stereocenters. The molecule has 2 aromatic carbocycles. The Morgan fingerprint density at radius 1 is 1.19 bits per heavy atom. The molecule has 0 bridgehead atoms. The van der Waals surface area contributed by atoms with E-state index in [0.717, 1.165) is 24.2 Å². The van der Waals surface area contributed by atoms with Gasteiger partial charge in [-0.3, -0.25) is 4.79 Å². The molecule has 108 valence electrons. The lowest BCUT2D eigenvalue weighted by atomic mass is 9.90. The zero-order valence-electron chi connectivity index (χ0n) is 11.2. The van der Waals surface area contributed by atoms with E-state index in [1.807, 2.05) is 24.3 Å². The van der Waals surface area contributed by atoms with E-state index in [2.05, 4.69) is 10.6 Å². The SMILES string of the molecule is O=C(Nc1cc(Cl)ccc1Cl)C1CCNc2ccccc21. The van der Waals surface area contributed by atoms with E-state index in [1.165, 1.54) is 0 Å². The lowest BCUT2D eigenvalue weighted by Crippen LogP contribution is -2.27. The van der Waals surface area contributed by atoms with Crippen LogP contribution in [0.3, 0.4) is 0 Å². The Bertz CT molecular complexity index is 688. The van der Waals surface area contributed by atoms with E-state index in [0.29, 0.717) is 15.7 Å². The second kappa shape index (κ2) is 5.96. The van der Waals surface area contributed by atoms with Gasteiger partial charge in [-0.25, -0.2) is 0 Å². The van der Waals surface area contributed by atoms with Crippen LogP contribution in [-0.2, 0) is 4.79 Å². The van der Waals surface area contributed by atoms with Crippen molar-refractivity contribution in [1.82, 2.24) is 0 Å². The summed E-state index contributed by atoms with van der Waals surface area (Å²) < 4.78 is 0. The Hall–Kier alpha value is -1.71. The molecule has 1 aliphatic rings. The zero-order valence-corrected chi connectivity index (χ0v) is 12.7. The fourth-order valence-electron chi connectivity index (χ4n) is 2.55. The second-order valence-electron chi connectivity index (χ2n) is 4.97. The molecule has 0 saturated carbocycles. The Balaban J connectivity index is 1.85. The number of nitrogens with one attached hydrogen (secondary N) is 2. The summed E-state index contributed by atoms with van der Waals surface area (Å²) in [5.74, 6) is -0.245. The van der Waals surface area contributed by atoms with Crippen LogP contribution in [-0.4, -0.2) is 12.5 Å². The number of fused-ring (bicyclic) bond motifs is 1. The first-order valence-electron chi connectivity index (χ1n) is 6.74. The number of hydrogen-bond acceptors (Lipinski definition) is 2. The van der Waals surface area contributed by atoms with E-state index < -0.39 is 0 Å². The molecular formula is C16H14Cl2N2O. The van der Waals surface area contributed by atoms with Crippen molar-refractivity contribution < 1.29 is 4.79 Å². The molecule has 1 unspecified atom stereocenters. The number of carbonyl (C=O) groups is 1. The molecular weight excluding hydrogens is 307 g/mol. The van der Waals surface area contributed by atoms with Crippen LogP contribution in [0.1, 0.15) is 17.9 Å². The van der Waals surface area contributed by atoms with Crippen LogP contribution in [0.2, 0.25) is 10.0 Å². The Kier molecular flexibility index (Phi) is 4.04. The average Bonchev–Trinajstić information content (AvgIpc) is 2.50. The molecule has 2 N–H and O–H groups in total. The highest BCUT2D eigenvalue weighted by Crippen LogP contribution is 2.33. The number of para-hydroxylation sites is 1. The minimum atomic E-state index is -0.183. The minimum absolute atomic E-state index is 0.0619. The zero-order chi connectivity index (χ0) is 14.8. The van der Waals surface area contributed by atoms with Crippen molar-refractivity contribution in [2.45, 2.75) is 12.3 Å². The summed E-state index contributed by atoms with van der Waals surface area (Å²) in [7, 11) is 0. The van der Waals surface area contributed by atoms with Gasteiger partial charge in [-0.15, -0.1) is 0 Å². The predicted octanol–water partition coefficient (Wildman–Crippen LogP) is 4.53. The number of rotatable bonds is 2. The maximum absolute atomic E-state index is 12.6. The molecule has 0 aromatic heterocycles. The molecule has 3 rings (SSSR count). The fraction of sp³-hybridized carbons (Fsp3) is 0.188. The lowest BCUT2D eigenvalue weighted by molar-refractivity contribution is -0.117. The number of hydrogen-bond donors (Lipinski definition) is 2. The summed E-state index contributed by atoms with van der Waals surface area (Å²) in [6.45, 7) is 0.776. The van der Waals surface area contributed by atoms with E-state index in [-0.39, 0.29) is 11.8 Å². The summed E-state index contributed by atoms with van der Waals surface area (Å²) in [6, 6.07) is 12.9. The predicted molar refractivity (Wildman–Crippen MR) is 87.4 cm³/mol. The number of benzene rings is 2. The third-order valence-electron chi connectivity index (χ3n) is 3.59. The number of carbonyl (C=O) groups excluding carboxylic acids is 1. The Labute approximate surface area is 133 Å². The standard InChI is InChI=1S/C16H14Cl2N2O/c17-10-5-6-13(18)15(9-10)20-16(21)12-7-8-19-14-4-2-1-3-11(12)14/h1-6,9,12,19H,7-8H2,(H,20,21). The first-order chi connectivity index (χ1) is 10.1. The molecule has 0 saturated heterocycles. The van der Waals surface area contributed by atoms with Crippen molar-refractivity contribution in [3.05, 3.63) is 58.1 Å². The van der Waals surface area contributed by atoms with Gasteiger partial charge in [0, 0.05) is 17.3 Å². The molecule has 2 aromatic rings. The summed E-state index contributed by atoms with van der Waals surface area (Å²) >= 11 is 12.0. The quantitative estimate of drug-likeness (QED) is 0.853. The molecule has 1 amide bonds. The monoisotopic (exact) mass is 320 g/mol. The Morgan fingerprint density at radius 3 is 2.86 bits per heavy atom. The fourth-order valence-corrected chi connectivity index (χ4v) is 2.89. The van der Waals surface area contributed by atoms with Crippen LogP contribution in [0.15, 0.2) is 42.5 Å². The van der Waals surface area contributed by atoms with E-state index in [1.54, 1.807) is 18.2 Å². The lowest BCUT2D eigenvalue weighted by Gasteiger charge is -2.26. The van der Waals surface area contributed by atoms with E-state index in [9.17, 15) is 4.79 Å². The van der Waals surface area contributed by atoms with Crippen LogP contribution in [0, 0.1) is 0 Å². The van der Waals surface area contributed by atoms with Crippen LogP contribution in [0.4, 0.5) is 11.4 Å². The summed E-state index contributed by atoms with van der Waals surface area (Å²) in [6.07, 6.45) is 0.751. The van der Waals surface area contributed by atoms with Gasteiger partial charge in [0.15, 0.2) is 0 Å². The largest absolute Gasteiger partial charge is 0.385 e. The number of halogens is 2. The summed E-state index contributed by atoms with van der Waals surface area (Å²) in [5.41, 5.74) is 2.57. The third kappa shape index (κ3) is 2.99. The van der Waals surface area contributed by atoms with Crippen molar-refractivity contribution in [1.29, 1.82) is 0 Å². The maximum Gasteiger partial charge on any atom is 0.232 e. The molecule has 21 heavy (non-hydrogen) atoms. The molecule has 0 fully saturated rings. The smallest absolute Gasteiger partial charge is 0.232 e. The van der Waals surface area contributed by atoms with E-state index in [4.69, 9.17) is 23.2 Å². The first-order valence-corrected chi connectivity index (χ1v) is 7.49. The highest BCUT2D eigenvalue weighted by molar-refractivity contribution is 6.35. The van der Waals surface area contributed by atoms with Gasteiger partial charge in [0.1, 0.15) is 0 Å². The summed E-state index contributed by atoms with van der Waals surface area (Å²) in [5, 5.41) is 7.21. The highest BCUT2D eigenvalue weighted by atomic mass is 35.5. The van der Waals surface area contributed by atoms with Gasteiger partial charge in [-0.05, 0) is 36.2 Å². The Morgan fingerprint density at radius 2 is 2.00 bits per heavy atom. The molecule has 1 heterocycles. The highest BCUT2D eigenvalue weighted by Gasteiger charge is 2.26. The summed E-state index contributed by atoms with van der Waals surface area (Å²) in [4.78, 5) is 12.6. The molecule has 0 spiro atoms. The van der Waals surface area contributed by atoms with Gasteiger partial charge in [0.05, 0.1) is 16.6 Å². The van der Waals surface area contributed by atoms with Gasteiger partial charge >= 0.3 is 0 Å². The van der Waals surface area contributed by atoms with Crippen molar-refractivity contribution in [2.75, 3.05) is 17.2 Å². The molecule has 5 heteroatoms. The molecule has 0 aliphatic carbocycles. The first kappa shape index (κ1) is 14.2. The maximum atomic E-state index is 12.6. The molecule has 1 aliphatic heterocycles. The van der Waals surface area contributed by atoms with Crippen LogP contribution in [0.25, 0.3) is 0 Å². The van der Waals surface area contributed by atoms with Crippen molar-refractivity contribution in [2.24, 2.45) is 0 Å². The van der Waals surface area contributed by atoms with Crippen LogP contribution >= 0.6 is 23.2 Å². The van der Waals surface area contributed by atoms with Gasteiger partial charge in [-0.1, -0.05) is 41.4 Å². The minimum Gasteiger partial charge on any atom is -0.385 e. The van der Waals surface area contributed by atoms with Crippen molar-refractivity contribution in [3.8, 4) is 0 Å². The van der Waals surface area contributed by atoms with Crippen molar-refractivity contribution in [3.63, 3.8) is 0 Å². The molecule has 3 nitrogen and oxygen atoms in total. The second-order valence-corrected chi connectivity index (χ2v) is 5.81. The van der Waals surface area contributed by atoms with Gasteiger partial charge in [0.25, 0.3) is 0 Å². The number of anilines is 2. The topological polar surface area (TPSA) is 41.1 Å². The van der Waals surface area contributed by atoms with Crippen molar-refractivity contribution >= 4 is 40.5 Å². The van der Waals surface area contributed by atoms with E-state index >= 15 is 0 Å². The average molecular weight is 321 g/mol. The van der Waals surface area contributed by atoms with Gasteiger partial charge in [0.2, 0.25) is 5.91 Å². The molecule has 0 radical (unpaired) electrons. The van der Waals surface area contributed by atoms with Crippen LogP contribution < -0.4 is 10.6 Å². The number of amides is 1. The van der Waals surface area contributed by atoms with Gasteiger partial charge < -0.3 is 10.6 Å². The van der Waals surface area contributed by atoms with Gasteiger partial charge in [-0.2, -0.15) is 0 Å².